The molecule has 1 saturated heterocycles. The van der Waals surface area contributed by atoms with E-state index in [-0.39, 0.29) is 18.0 Å². The van der Waals surface area contributed by atoms with Crippen molar-refractivity contribution in [2.45, 2.75) is 31.7 Å². The average molecular weight is 435 g/mol. The predicted molar refractivity (Wildman–Crippen MR) is 122 cm³/mol. The summed E-state index contributed by atoms with van der Waals surface area (Å²) < 4.78 is 15.6. The molecular weight excluding hydrogens is 407 g/mol. The molecule has 0 bridgehead atoms. The van der Waals surface area contributed by atoms with Crippen LogP contribution in [-0.4, -0.2) is 52.8 Å². The van der Waals surface area contributed by atoms with Crippen LogP contribution in [0.15, 0.2) is 60.8 Å². The monoisotopic (exact) mass is 434 g/mol. The van der Waals surface area contributed by atoms with Crippen molar-refractivity contribution in [3.63, 3.8) is 0 Å². The van der Waals surface area contributed by atoms with Crippen LogP contribution in [0.3, 0.4) is 0 Å². The van der Waals surface area contributed by atoms with E-state index in [4.69, 9.17) is 4.98 Å². The minimum Gasteiger partial charge on any atom is -0.359 e. The Kier molecular flexibility index (Phi) is 5.53. The molecule has 1 fully saturated rings. The van der Waals surface area contributed by atoms with Crippen LogP contribution in [0.5, 0.6) is 0 Å². The van der Waals surface area contributed by atoms with Crippen molar-refractivity contribution in [3.8, 4) is 0 Å². The van der Waals surface area contributed by atoms with Gasteiger partial charge >= 0.3 is 0 Å². The van der Waals surface area contributed by atoms with Gasteiger partial charge in [-0.3, -0.25) is 9.69 Å². The molecule has 5 rings (SSSR count). The predicted octanol–water partition coefficient (Wildman–Crippen LogP) is 2.64. The van der Waals surface area contributed by atoms with E-state index in [1.54, 1.807) is 6.20 Å². The number of fused-ring (bicyclic) bond motifs is 1. The topological polar surface area (TPSA) is 65.4 Å². The van der Waals surface area contributed by atoms with Crippen molar-refractivity contribution in [1.82, 2.24) is 25.1 Å². The van der Waals surface area contributed by atoms with Crippen LogP contribution in [0.2, 0.25) is 0 Å². The second-order valence-corrected chi connectivity index (χ2v) is 8.41. The first kappa shape index (κ1) is 20.5. The molecule has 0 saturated carbocycles. The Balaban J connectivity index is 1.34. The van der Waals surface area contributed by atoms with E-state index in [1.165, 1.54) is 18.2 Å². The number of carbonyl (C=O) groups is 1. The number of anilines is 1. The third-order valence-corrected chi connectivity index (χ3v) is 6.39. The minimum atomic E-state index is -0.227. The van der Waals surface area contributed by atoms with Gasteiger partial charge in [0.15, 0.2) is 6.29 Å². The van der Waals surface area contributed by atoms with Crippen LogP contribution < -0.4 is 15.5 Å². The minimum absolute atomic E-state index is 0.0763. The molecule has 32 heavy (non-hydrogen) atoms. The second-order valence-electron chi connectivity index (χ2n) is 8.41. The van der Waals surface area contributed by atoms with Crippen LogP contribution in [0, 0.1) is 5.82 Å². The molecule has 1 amide bonds. The number of piperidine rings is 1. The summed E-state index contributed by atoms with van der Waals surface area (Å²) in [6.45, 7) is 2.39. The number of amides is 1. The number of para-hydroxylation sites is 2. The molecule has 0 aliphatic carbocycles. The highest BCUT2D eigenvalue weighted by Crippen LogP contribution is 2.27. The van der Waals surface area contributed by atoms with Crippen molar-refractivity contribution in [2.24, 2.45) is 0 Å². The van der Waals surface area contributed by atoms with Gasteiger partial charge in [0.1, 0.15) is 5.82 Å². The molecule has 1 unspecified atom stereocenters. The Morgan fingerprint density at radius 2 is 1.88 bits per heavy atom. The highest BCUT2D eigenvalue weighted by molar-refractivity contribution is 5.88. The Hall–Kier alpha value is -3.39. The number of carbonyl (C=O) groups excluding carboxylic acids is 1. The van der Waals surface area contributed by atoms with Crippen molar-refractivity contribution in [2.75, 3.05) is 25.0 Å². The van der Waals surface area contributed by atoms with Gasteiger partial charge in [-0.15, -0.1) is 0 Å². The zero-order valence-corrected chi connectivity index (χ0v) is 18.0. The number of hydrogen-bond acceptors (Lipinski definition) is 5. The third-order valence-electron chi connectivity index (χ3n) is 6.39. The molecular formula is C24H27FN6O. The molecule has 0 radical (unpaired) electrons. The van der Waals surface area contributed by atoms with E-state index in [0.29, 0.717) is 12.6 Å². The number of nitrogens with one attached hydrogen (secondary N) is 2. The Morgan fingerprint density at radius 3 is 2.62 bits per heavy atom. The van der Waals surface area contributed by atoms with Crippen LogP contribution in [0.4, 0.5) is 10.3 Å². The smallest absolute Gasteiger partial charge is 0.248 e. The highest BCUT2D eigenvalue weighted by atomic mass is 19.1. The first-order chi connectivity index (χ1) is 15.6. The summed E-state index contributed by atoms with van der Waals surface area (Å²) in [4.78, 5) is 21.2. The van der Waals surface area contributed by atoms with E-state index in [0.717, 1.165) is 48.5 Å². The quantitative estimate of drug-likeness (QED) is 0.646. The van der Waals surface area contributed by atoms with Gasteiger partial charge in [-0.25, -0.2) is 9.37 Å². The molecule has 1 aromatic heterocycles. The van der Waals surface area contributed by atoms with Crippen molar-refractivity contribution in [1.29, 1.82) is 0 Å². The average Bonchev–Trinajstić information content (AvgIpc) is 3.18. The molecule has 2 aliphatic heterocycles. The van der Waals surface area contributed by atoms with Gasteiger partial charge < -0.3 is 20.1 Å². The van der Waals surface area contributed by atoms with Crippen LogP contribution in [0.1, 0.15) is 18.4 Å². The standard InChI is InChI=1S/C24H27FN6O/c1-29(23-26-13-10-22(32)28-23)19-11-14-30(15-12-19)24-27-20-4-2-3-5-21(20)31(24)16-17-6-8-18(25)9-7-17/h2-10,13,19,23,26H,11-12,14-16H2,1H3,(H,28,32). The molecule has 2 aliphatic rings. The lowest BCUT2D eigenvalue weighted by Gasteiger charge is -2.41. The number of imidazole rings is 1. The van der Waals surface area contributed by atoms with Crippen molar-refractivity contribution in [3.05, 3.63) is 72.2 Å². The maximum atomic E-state index is 13.4. The van der Waals surface area contributed by atoms with Gasteiger partial charge in [0, 0.05) is 31.4 Å². The van der Waals surface area contributed by atoms with Crippen molar-refractivity contribution >= 4 is 22.9 Å². The first-order valence-corrected chi connectivity index (χ1v) is 11.0. The summed E-state index contributed by atoms with van der Waals surface area (Å²) in [5, 5.41) is 6.15. The van der Waals surface area contributed by atoms with E-state index in [9.17, 15) is 9.18 Å². The summed E-state index contributed by atoms with van der Waals surface area (Å²) in [6, 6.07) is 15.2. The summed E-state index contributed by atoms with van der Waals surface area (Å²) in [5.41, 5.74) is 3.08. The first-order valence-electron chi connectivity index (χ1n) is 11.0. The largest absolute Gasteiger partial charge is 0.359 e. The highest BCUT2D eigenvalue weighted by Gasteiger charge is 2.30. The lowest BCUT2D eigenvalue weighted by Crippen LogP contribution is -2.59. The number of benzene rings is 2. The molecule has 8 heteroatoms. The molecule has 3 heterocycles. The van der Waals surface area contributed by atoms with Gasteiger partial charge in [-0.05, 0) is 49.7 Å². The maximum Gasteiger partial charge on any atom is 0.248 e. The van der Waals surface area contributed by atoms with Crippen LogP contribution in [-0.2, 0) is 11.3 Å². The number of halogens is 1. The molecule has 2 N–H and O–H groups in total. The van der Waals surface area contributed by atoms with Gasteiger partial charge in [0.05, 0.1) is 17.6 Å². The van der Waals surface area contributed by atoms with E-state index < -0.39 is 0 Å². The fraction of sp³-hybridized carbons (Fsp3) is 0.333. The maximum absolute atomic E-state index is 13.4. The summed E-state index contributed by atoms with van der Waals surface area (Å²) in [6.07, 6.45) is 4.94. The number of nitrogens with zero attached hydrogens (tertiary/aromatic N) is 4. The SMILES string of the molecule is CN(C1CCN(c2nc3ccccc3n2Cc2ccc(F)cc2)CC1)C1NC=CC(=O)N1. The second kappa shape index (κ2) is 8.63. The fourth-order valence-corrected chi connectivity index (χ4v) is 4.58. The van der Waals surface area contributed by atoms with Crippen molar-refractivity contribution < 1.29 is 9.18 Å². The normalized spacial score (nSPS) is 19.4. The number of rotatable bonds is 5. The number of hydrogen-bond donors (Lipinski definition) is 2. The van der Waals surface area contributed by atoms with Gasteiger partial charge in [-0.1, -0.05) is 24.3 Å². The third kappa shape index (κ3) is 4.05. The van der Waals surface area contributed by atoms with E-state index >= 15 is 0 Å². The Morgan fingerprint density at radius 1 is 1.12 bits per heavy atom. The molecule has 166 valence electrons. The van der Waals surface area contributed by atoms with Gasteiger partial charge in [-0.2, -0.15) is 0 Å². The van der Waals surface area contributed by atoms with Crippen LogP contribution in [0.25, 0.3) is 11.0 Å². The lowest BCUT2D eigenvalue weighted by atomic mass is 10.0. The summed E-state index contributed by atoms with van der Waals surface area (Å²) in [5.74, 6) is 0.644. The lowest BCUT2D eigenvalue weighted by molar-refractivity contribution is -0.119. The van der Waals surface area contributed by atoms with Crippen LogP contribution >= 0.6 is 0 Å². The summed E-state index contributed by atoms with van der Waals surface area (Å²) in [7, 11) is 2.04. The fourth-order valence-electron chi connectivity index (χ4n) is 4.58. The van der Waals surface area contributed by atoms with Gasteiger partial charge in [0.2, 0.25) is 11.9 Å². The summed E-state index contributed by atoms with van der Waals surface area (Å²) >= 11 is 0. The molecule has 3 aromatic rings. The van der Waals surface area contributed by atoms with E-state index in [1.807, 2.05) is 37.4 Å². The molecule has 0 spiro atoms. The van der Waals surface area contributed by atoms with E-state index in [2.05, 4.69) is 31.1 Å². The molecule has 7 nitrogen and oxygen atoms in total. The Bertz CT molecular complexity index is 1130. The molecule has 2 aromatic carbocycles. The van der Waals surface area contributed by atoms with Gasteiger partial charge in [0.25, 0.3) is 0 Å². The molecule has 1 atom stereocenters. The zero-order chi connectivity index (χ0) is 22.1. The zero-order valence-electron chi connectivity index (χ0n) is 18.0. The number of aromatic nitrogens is 2. The Labute approximate surface area is 186 Å².